The van der Waals surface area contributed by atoms with E-state index in [4.69, 9.17) is 10.5 Å². The van der Waals surface area contributed by atoms with Gasteiger partial charge in [0, 0.05) is 4.47 Å². The fourth-order valence-electron chi connectivity index (χ4n) is 1.95. The molecule has 19 heavy (non-hydrogen) atoms. The maximum atomic E-state index is 5.99. The maximum Gasteiger partial charge on any atom is 0.131 e. The normalized spacial score (nSPS) is 10.5. The molecule has 0 unspecified atom stereocenters. The molecule has 2 rings (SSSR count). The average Bonchev–Trinajstić information content (AvgIpc) is 2.37. The number of aryl methyl sites for hydroxylation is 2. The fourth-order valence-corrected chi connectivity index (χ4v) is 2.29. The molecule has 2 aromatic rings. The summed E-state index contributed by atoms with van der Waals surface area (Å²) in [5.74, 6) is 1.77. The summed E-state index contributed by atoms with van der Waals surface area (Å²) in [7, 11) is 0. The Morgan fingerprint density at radius 1 is 1.00 bits per heavy atom. The Bertz CT molecular complexity index is 581. The zero-order valence-electron chi connectivity index (χ0n) is 11.2. The van der Waals surface area contributed by atoms with Crippen LogP contribution in [0, 0.1) is 13.8 Å². The van der Waals surface area contributed by atoms with Crippen molar-refractivity contribution < 1.29 is 4.74 Å². The summed E-state index contributed by atoms with van der Waals surface area (Å²) in [6, 6.07) is 12.3. The molecule has 0 bridgehead atoms. The van der Waals surface area contributed by atoms with Crippen LogP contribution in [0.3, 0.4) is 0 Å². The van der Waals surface area contributed by atoms with E-state index in [0.29, 0.717) is 6.54 Å². The molecule has 0 aliphatic carbocycles. The third kappa shape index (κ3) is 3.58. The number of ether oxygens (including phenoxy) is 1. The Hall–Kier alpha value is -1.32. The lowest BCUT2D eigenvalue weighted by atomic mass is 10.1. The number of hydrogen-bond acceptors (Lipinski definition) is 2. The standard InChI is InChI=1S/C16H18BrNO/c1-11-3-5-14(17)10-16(11)19-15-6-4-13(7-8-18)9-12(15)2/h3-6,9-10H,7-8,18H2,1-2H3. The van der Waals surface area contributed by atoms with Crippen molar-refractivity contribution in [2.75, 3.05) is 6.54 Å². The van der Waals surface area contributed by atoms with Crippen LogP contribution in [0.1, 0.15) is 16.7 Å². The van der Waals surface area contributed by atoms with Gasteiger partial charge in [0.05, 0.1) is 0 Å². The molecule has 0 spiro atoms. The first-order valence-corrected chi connectivity index (χ1v) is 7.13. The Morgan fingerprint density at radius 2 is 1.79 bits per heavy atom. The van der Waals surface area contributed by atoms with Crippen LogP contribution in [0.15, 0.2) is 40.9 Å². The minimum absolute atomic E-state index is 0.671. The molecular weight excluding hydrogens is 302 g/mol. The van der Waals surface area contributed by atoms with Gasteiger partial charge in [-0.25, -0.2) is 0 Å². The third-order valence-corrected chi connectivity index (χ3v) is 3.54. The van der Waals surface area contributed by atoms with Crippen LogP contribution in [-0.2, 0) is 6.42 Å². The second-order valence-electron chi connectivity index (χ2n) is 4.65. The van der Waals surface area contributed by atoms with E-state index in [1.165, 1.54) is 5.56 Å². The van der Waals surface area contributed by atoms with Crippen LogP contribution in [0.25, 0.3) is 0 Å². The van der Waals surface area contributed by atoms with Crippen molar-refractivity contribution in [2.24, 2.45) is 5.73 Å². The van der Waals surface area contributed by atoms with Crippen molar-refractivity contribution in [1.29, 1.82) is 0 Å². The number of benzene rings is 2. The monoisotopic (exact) mass is 319 g/mol. The summed E-state index contributed by atoms with van der Waals surface area (Å²) in [4.78, 5) is 0. The first-order valence-electron chi connectivity index (χ1n) is 6.34. The molecule has 0 saturated heterocycles. The van der Waals surface area contributed by atoms with Crippen LogP contribution in [0.5, 0.6) is 11.5 Å². The van der Waals surface area contributed by atoms with Gasteiger partial charge >= 0.3 is 0 Å². The number of rotatable bonds is 4. The third-order valence-electron chi connectivity index (χ3n) is 3.04. The quantitative estimate of drug-likeness (QED) is 0.908. The van der Waals surface area contributed by atoms with Crippen LogP contribution < -0.4 is 10.5 Å². The molecule has 2 nitrogen and oxygen atoms in total. The Kier molecular flexibility index (Phi) is 4.61. The maximum absolute atomic E-state index is 5.99. The van der Waals surface area contributed by atoms with Gasteiger partial charge in [-0.05, 0) is 61.7 Å². The topological polar surface area (TPSA) is 35.2 Å². The predicted molar refractivity (Wildman–Crippen MR) is 82.9 cm³/mol. The molecule has 0 heterocycles. The number of hydrogen-bond donors (Lipinski definition) is 1. The van der Waals surface area contributed by atoms with Crippen molar-refractivity contribution in [3.05, 3.63) is 57.6 Å². The molecule has 0 radical (unpaired) electrons. The Morgan fingerprint density at radius 3 is 2.47 bits per heavy atom. The highest BCUT2D eigenvalue weighted by molar-refractivity contribution is 9.10. The number of halogens is 1. The van der Waals surface area contributed by atoms with Gasteiger partial charge in [0.15, 0.2) is 0 Å². The van der Waals surface area contributed by atoms with E-state index in [0.717, 1.165) is 33.5 Å². The molecule has 2 aromatic carbocycles. The minimum atomic E-state index is 0.671. The molecule has 0 aliphatic rings. The first-order chi connectivity index (χ1) is 9.10. The summed E-state index contributed by atoms with van der Waals surface area (Å²) in [5.41, 5.74) is 9.07. The van der Waals surface area contributed by atoms with Gasteiger partial charge in [-0.1, -0.05) is 34.1 Å². The smallest absolute Gasteiger partial charge is 0.131 e. The van der Waals surface area contributed by atoms with E-state index in [1.807, 2.05) is 31.2 Å². The van der Waals surface area contributed by atoms with Gasteiger partial charge in [-0.15, -0.1) is 0 Å². The molecular formula is C16H18BrNO. The molecule has 0 fully saturated rings. The Labute approximate surface area is 122 Å². The summed E-state index contributed by atoms with van der Waals surface area (Å²) >= 11 is 3.47. The molecule has 0 aliphatic heterocycles. The van der Waals surface area contributed by atoms with E-state index >= 15 is 0 Å². The predicted octanol–water partition coefficient (Wildman–Crippen LogP) is 4.36. The zero-order valence-corrected chi connectivity index (χ0v) is 12.8. The van der Waals surface area contributed by atoms with Crippen LogP contribution in [0.4, 0.5) is 0 Å². The van der Waals surface area contributed by atoms with Crippen molar-refractivity contribution in [3.63, 3.8) is 0 Å². The van der Waals surface area contributed by atoms with E-state index in [2.05, 4.69) is 35.0 Å². The molecule has 0 saturated carbocycles. The SMILES string of the molecule is Cc1cc(CCN)ccc1Oc1cc(Br)ccc1C. The van der Waals surface area contributed by atoms with Crippen molar-refractivity contribution in [1.82, 2.24) is 0 Å². The molecule has 0 amide bonds. The molecule has 0 aromatic heterocycles. The van der Waals surface area contributed by atoms with Crippen LogP contribution in [0.2, 0.25) is 0 Å². The second kappa shape index (κ2) is 6.22. The van der Waals surface area contributed by atoms with Gasteiger partial charge in [-0.3, -0.25) is 0 Å². The summed E-state index contributed by atoms with van der Waals surface area (Å²) < 4.78 is 7.01. The summed E-state index contributed by atoms with van der Waals surface area (Å²) in [5, 5.41) is 0. The molecule has 0 atom stereocenters. The van der Waals surface area contributed by atoms with Gasteiger partial charge < -0.3 is 10.5 Å². The molecule has 3 heteroatoms. The zero-order chi connectivity index (χ0) is 13.8. The minimum Gasteiger partial charge on any atom is -0.457 e. The summed E-state index contributed by atoms with van der Waals surface area (Å²) in [6.45, 7) is 4.77. The van der Waals surface area contributed by atoms with Gasteiger partial charge in [0.25, 0.3) is 0 Å². The van der Waals surface area contributed by atoms with E-state index in [-0.39, 0.29) is 0 Å². The van der Waals surface area contributed by atoms with Gasteiger partial charge in [0.1, 0.15) is 11.5 Å². The van der Waals surface area contributed by atoms with Gasteiger partial charge in [0.2, 0.25) is 0 Å². The molecule has 2 N–H and O–H groups in total. The highest BCUT2D eigenvalue weighted by Gasteiger charge is 2.06. The second-order valence-corrected chi connectivity index (χ2v) is 5.57. The highest BCUT2D eigenvalue weighted by atomic mass is 79.9. The largest absolute Gasteiger partial charge is 0.457 e. The lowest BCUT2D eigenvalue weighted by Crippen LogP contribution is -2.03. The summed E-state index contributed by atoms with van der Waals surface area (Å²) in [6.07, 6.45) is 0.900. The lowest BCUT2D eigenvalue weighted by molar-refractivity contribution is 0.474. The van der Waals surface area contributed by atoms with Gasteiger partial charge in [-0.2, -0.15) is 0 Å². The fraction of sp³-hybridized carbons (Fsp3) is 0.250. The molecule has 100 valence electrons. The average molecular weight is 320 g/mol. The highest BCUT2D eigenvalue weighted by Crippen LogP contribution is 2.30. The lowest BCUT2D eigenvalue weighted by Gasteiger charge is -2.12. The van der Waals surface area contributed by atoms with Crippen LogP contribution in [-0.4, -0.2) is 6.54 Å². The Balaban J connectivity index is 2.25. The van der Waals surface area contributed by atoms with Crippen molar-refractivity contribution in [2.45, 2.75) is 20.3 Å². The van der Waals surface area contributed by atoms with Crippen LogP contribution >= 0.6 is 15.9 Å². The first kappa shape index (κ1) is 14.1. The van der Waals surface area contributed by atoms with E-state index < -0.39 is 0 Å². The number of nitrogens with two attached hydrogens (primary N) is 1. The van der Waals surface area contributed by atoms with Crippen molar-refractivity contribution in [3.8, 4) is 11.5 Å². The van der Waals surface area contributed by atoms with Crippen molar-refractivity contribution >= 4 is 15.9 Å². The van der Waals surface area contributed by atoms with E-state index in [1.54, 1.807) is 0 Å². The van der Waals surface area contributed by atoms with E-state index in [9.17, 15) is 0 Å².